The SMILES string of the molecule is Cc1cc(NC(=O)c2cccc(Cl)c2)ccc1NC(=O)C[NH+]1CCC[C@H](C)C1. The van der Waals surface area contributed by atoms with Crippen LogP contribution in [0, 0.1) is 12.8 Å². The molecule has 1 saturated heterocycles. The summed E-state index contributed by atoms with van der Waals surface area (Å²) >= 11 is 5.94. The van der Waals surface area contributed by atoms with Gasteiger partial charge in [0.05, 0.1) is 13.1 Å². The fraction of sp³-hybridized carbons (Fsp3) is 0.364. The quantitative estimate of drug-likeness (QED) is 0.722. The van der Waals surface area contributed by atoms with Crippen LogP contribution in [0.5, 0.6) is 0 Å². The van der Waals surface area contributed by atoms with Crippen LogP contribution in [0.2, 0.25) is 5.02 Å². The fourth-order valence-corrected chi connectivity index (χ4v) is 3.88. The molecule has 28 heavy (non-hydrogen) atoms. The minimum absolute atomic E-state index is 0.0305. The number of rotatable bonds is 5. The zero-order valence-corrected chi connectivity index (χ0v) is 17.1. The number of likely N-dealkylation sites (tertiary alicyclic amines) is 1. The van der Waals surface area contributed by atoms with E-state index in [0.717, 1.165) is 24.3 Å². The summed E-state index contributed by atoms with van der Waals surface area (Å²) in [5.41, 5.74) is 2.85. The van der Waals surface area contributed by atoms with E-state index in [2.05, 4.69) is 17.6 Å². The Balaban J connectivity index is 1.59. The van der Waals surface area contributed by atoms with Crippen molar-refractivity contribution in [3.8, 4) is 0 Å². The van der Waals surface area contributed by atoms with Gasteiger partial charge < -0.3 is 15.5 Å². The molecule has 3 N–H and O–H groups in total. The molecular weight excluding hydrogens is 374 g/mol. The maximum Gasteiger partial charge on any atom is 0.279 e. The molecule has 1 aliphatic rings. The summed E-state index contributed by atoms with van der Waals surface area (Å²) in [6, 6.07) is 12.3. The van der Waals surface area contributed by atoms with Crippen LogP contribution in [0.3, 0.4) is 0 Å². The zero-order chi connectivity index (χ0) is 20.1. The van der Waals surface area contributed by atoms with E-state index in [1.54, 1.807) is 30.3 Å². The van der Waals surface area contributed by atoms with Crippen LogP contribution in [0.4, 0.5) is 11.4 Å². The molecule has 6 heteroatoms. The second-order valence-corrected chi connectivity index (χ2v) is 8.11. The number of piperidine rings is 1. The number of amides is 2. The van der Waals surface area contributed by atoms with Gasteiger partial charge in [0.15, 0.2) is 6.54 Å². The number of carbonyl (C=O) groups excluding carboxylic acids is 2. The number of hydrogen-bond acceptors (Lipinski definition) is 2. The molecule has 0 bridgehead atoms. The molecule has 0 aromatic heterocycles. The first kappa shape index (κ1) is 20.4. The van der Waals surface area contributed by atoms with E-state index >= 15 is 0 Å². The minimum atomic E-state index is -0.221. The number of nitrogens with one attached hydrogen (secondary N) is 3. The van der Waals surface area contributed by atoms with Crippen molar-refractivity contribution in [2.75, 3.05) is 30.3 Å². The average molecular weight is 401 g/mol. The van der Waals surface area contributed by atoms with Gasteiger partial charge in [-0.2, -0.15) is 0 Å². The average Bonchev–Trinajstić information content (AvgIpc) is 2.64. The molecule has 3 rings (SSSR count). The van der Waals surface area contributed by atoms with Crippen molar-refractivity contribution < 1.29 is 14.5 Å². The molecule has 0 aliphatic carbocycles. The van der Waals surface area contributed by atoms with E-state index in [1.807, 2.05) is 19.1 Å². The van der Waals surface area contributed by atoms with Crippen molar-refractivity contribution in [1.29, 1.82) is 0 Å². The van der Waals surface area contributed by atoms with Crippen LogP contribution in [0.15, 0.2) is 42.5 Å². The highest BCUT2D eigenvalue weighted by Gasteiger charge is 2.22. The highest BCUT2D eigenvalue weighted by atomic mass is 35.5. The molecule has 5 nitrogen and oxygen atoms in total. The van der Waals surface area contributed by atoms with Crippen LogP contribution in [-0.2, 0) is 4.79 Å². The predicted molar refractivity (Wildman–Crippen MR) is 113 cm³/mol. The van der Waals surface area contributed by atoms with Gasteiger partial charge in [-0.25, -0.2) is 0 Å². The molecule has 1 unspecified atom stereocenters. The first-order valence-corrected chi connectivity index (χ1v) is 10.1. The molecule has 2 aromatic rings. The van der Waals surface area contributed by atoms with E-state index in [0.29, 0.717) is 28.7 Å². The lowest BCUT2D eigenvalue weighted by Gasteiger charge is -2.27. The standard InChI is InChI=1S/C22H26ClN3O2/c1-15-5-4-10-26(13-15)14-21(27)25-20-9-8-19(11-16(20)2)24-22(28)17-6-3-7-18(23)12-17/h3,6-9,11-12,15H,4-5,10,13-14H2,1-2H3,(H,24,28)(H,25,27)/p+1/t15-/m0/s1. The first-order valence-electron chi connectivity index (χ1n) is 9.71. The Hall–Kier alpha value is -2.37. The van der Waals surface area contributed by atoms with Crippen molar-refractivity contribution in [3.63, 3.8) is 0 Å². The fourth-order valence-electron chi connectivity index (χ4n) is 3.69. The molecule has 1 aliphatic heterocycles. The number of hydrogen-bond donors (Lipinski definition) is 3. The smallest absolute Gasteiger partial charge is 0.279 e. The number of quaternary nitrogens is 1. The van der Waals surface area contributed by atoms with E-state index in [9.17, 15) is 9.59 Å². The Morgan fingerprint density at radius 3 is 2.71 bits per heavy atom. The van der Waals surface area contributed by atoms with Crippen LogP contribution in [0.1, 0.15) is 35.7 Å². The van der Waals surface area contributed by atoms with E-state index in [1.165, 1.54) is 17.7 Å². The topological polar surface area (TPSA) is 62.6 Å². The molecule has 2 atom stereocenters. The molecule has 1 heterocycles. The summed E-state index contributed by atoms with van der Waals surface area (Å²) in [5, 5.41) is 6.39. The van der Waals surface area contributed by atoms with Crippen molar-refractivity contribution in [2.45, 2.75) is 26.7 Å². The monoisotopic (exact) mass is 400 g/mol. The van der Waals surface area contributed by atoms with Crippen LogP contribution < -0.4 is 15.5 Å². The highest BCUT2D eigenvalue weighted by molar-refractivity contribution is 6.31. The van der Waals surface area contributed by atoms with Crippen molar-refractivity contribution in [2.24, 2.45) is 5.92 Å². The lowest BCUT2D eigenvalue weighted by atomic mass is 10.0. The number of carbonyl (C=O) groups is 2. The Morgan fingerprint density at radius 1 is 1.18 bits per heavy atom. The highest BCUT2D eigenvalue weighted by Crippen LogP contribution is 2.21. The number of aryl methyl sites for hydroxylation is 1. The van der Waals surface area contributed by atoms with E-state index in [-0.39, 0.29) is 11.8 Å². The lowest BCUT2D eigenvalue weighted by Crippen LogP contribution is -3.14. The van der Waals surface area contributed by atoms with Crippen LogP contribution in [-0.4, -0.2) is 31.4 Å². The Morgan fingerprint density at radius 2 is 2.00 bits per heavy atom. The molecule has 0 radical (unpaired) electrons. The summed E-state index contributed by atoms with van der Waals surface area (Å²) in [6.07, 6.45) is 2.44. The molecule has 2 aromatic carbocycles. The zero-order valence-electron chi connectivity index (χ0n) is 16.3. The van der Waals surface area contributed by atoms with Gasteiger partial charge in [0, 0.05) is 27.9 Å². The van der Waals surface area contributed by atoms with E-state index in [4.69, 9.17) is 11.6 Å². The minimum Gasteiger partial charge on any atom is -0.327 e. The molecule has 1 fully saturated rings. The number of benzene rings is 2. The summed E-state index contributed by atoms with van der Waals surface area (Å²) in [7, 11) is 0. The third-order valence-electron chi connectivity index (χ3n) is 5.12. The molecular formula is C22H27ClN3O2+. The van der Waals surface area contributed by atoms with Crippen molar-refractivity contribution in [3.05, 3.63) is 58.6 Å². The number of halogens is 1. The second kappa shape index (κ2) is 9.22. The summed E-state index contributed by atoms with van der Waals surface area (Å²) in [5.74, 6) is 0.491. The van der Waals surface area contributed by atoms with Gasteiger partial charge in [-0.05, 0) is 61.7 Å². The third-order valence-corrected chi connectivity index (χ3v) is 5.36. The van der Waals surface area contributed by atoms with Crippen LogP contribution in [0.25, 0.3) is 0 Å². The predicted octanol–water partition coefficient (Wildman–Crippen LogP) is 3.15. The van der Waals surface area contributed by atoms with Gasteiger partial charge >= 0.3 is 0 Å². The number of anilines is 2. The van der Waals surface area contributed by atoms with Gasteiger partial charge in [0.2, 0.25) is 0 Å². The van der Waals surface area contributed by atoms with Gasteiger partial charge in [-0.1, -0.05) is 24.6 Å². The van der Waals surface area contributed by atoms with Gasteiger partial charge in [0.25, 0.3) is 11.8 Å². The van der Waals surface area contributed by atoms with Crippen molar-refractivity contribution in [1.82, 2.24) is 0 Å². The molecule has 148 valence electrons. The van der Waals surface area contributed by atoms with Gasteiger partial charge in [-0.15, -0.1) is 0 Å². The Labute approximate surface area is 171 Å². The summed E-state index contributed by atoms with van der Waals surface area (Å²) < 4.78 is 0. The first-order chi connectivity index (χ1) is 13.4. The van der Waals surface area contributed by atoms with Gasteiger partial charge in [0.1, 0.15) is 0 Å². The maximum atomic E-state index is 12.4. The second-order valence-electron chi connectivity index (χ2n) is 7.67. The normalized spacial score (nSPS) is 19.1. The molecule has 0 spiro atoms. The largest absolute Gasteiger partial charge is 0.327 e. The van der Waals surface area contributed by atoms with Gasteiger partial charge in [-0.3, -0.25) is 9.59 Å². The summed E-state index contributed by atoms with van der Waals surface area (Å²) in [6.45, 7) is 6.78. The Kier molecular flexibility index (Phi) is 6.70. The molecule has 2 amide bonds. The Bertz CT molecular complexity index is 869. The molecule has 0 saturated carbocycles. The van der Waals surface area contributed by atoms with Crippen molar-refractivity contribution >= 4 is 34.8 Å². The van der Waals surface area contributed by atoms with E-state index < -0.39 is 0 Å². The lowest BCUT2D eigenvalue weighted by molar-refractivity contribution is -0.900. The maximum absolute atomic E-state index is 12.4. The third kappa shape index (κ3) is 5.57. The van der Waals surface area contributed by atoms with Crippen LogP contribution >= 0.6 is 11.6 Å². The summed E-state index contributed by atoms with van der Waals surface area (Å²) in [4.78, 5) is 26.1.